The standard InChI is InChI=1S/C23H30O/c1-5-21(24)22-18-11-9-16-7-6-8-17(13-16)10-12-19(22)15-20(14-18)23(2,3)4/h6-8,13-15,21,24H,5,9-12H2,1-4H3. The van der Waals surface area contributed by atoms with Gasteiger partial charge in [0.2, 0.25) is 0 Å². The summed E-state index contributed by atoms with van der Waals surface area (Å²) in [6.07, 6.45) is 4.54. The van der Waals surface area contributed by atoms with E-state index in [1.54, 1.807) is 0 Å². The maximum absolute atomic E-state index is 10.7. The minimum atomic E-state index is -0.346. The van der Waals surface area contributed by atoms with Crippen LogP contribution in [-0.4, -0.2) is 5.11 Å². The number of hydrogen-bond donors (Lipinski definition) is 1. The maximum Gasteiger partial charge on any atom is 0.0792 e. The second-order valence-electron chi connectivity index (χ2n) is 8.20. The maximum atomic E-state index is 10.7. The van der Waals surface area contributed by atoms with Crippen LogP contribution < -0.4 is 0 Å². The molecule has 0 heterocycles. The Hall–Kier alpha value is -1.60. The van der Waals surface area contributed by atoms with Crippen molar-refractivity contribution in [1.29, 1.82) is 0 Å². The fourth-order valence-corrected chi connectivity index (χ4v) is 3.76. The molecule has 1 aliphatic carbocycles. The highest BCUT2D eigenvalue weighted by Crippen LogP contribution is 2.33. The van der Waals surface area contributed by atoms with Gasteiger partial charge in [0.1, 0.15) is 0 Å². The van der Waals surface area contributed by atoms with Gasteiger partial charge in [-0.25, -0.2) is 0 Å². The molecule has 4 bridgehead atoms. The van der Waals surface area contributed by atoms with E-state index in [1.165, 1.54) is 33.4 Å². The van der Waals surface area contributed by atoms with E-state index < -0.39 is 0 Å². The summed E-state index contributed by atoms with van der Waals surface area (Å²) < 4.78 is 0. The van der Waals surface area contributed by atoms with Crippen LogP contribution in [0.25, 0.3) is 0 Å². The minimum Gasteiger partial charge on any atom is -0.388 e. The molecule has 1 nitrogen and oxygen atoms in total. The Kier molecular flexibility index (Phi) is 4.83. The van der Waals surface area contributed by atoms with Gasteiger partial charge in [-0.15, -0.1) is 0 Å². The van der Waals surface area contributed by atoms with Crippen molar-refractivity contribution in [2.45, 2.75) is 71.3 Å². The minimum absolute atomic E-state index is 0.137. The SMILES string of the molecule is CCC(O)c1c2cc(C(C)(C)C)cc1CCc1cccc(c1)CC2. The molecular weight excluding hydrogens is 292 g/mol. The molecule has 2 aromatic rings. The fraction of sp³-hybridized carbons (Fsp3) is 0.478. The Morgan fingerprint density at radius 2 is 1.46 bits per heavy atom. The first-order valence-corrected chi connectivity index (χ1v) is 9.30. The van der Waals surface area contributed by atoms with Gasteiger partial charge in [0, 0.05) is 0 Å². The average molecular weight is 322 g/mol. The molecule has 128 valence electrons. The largest absolute Gasteiger partial charge is 0.388 e. The highest BCUT2D eigenvalue weighted by molar-refractivity contribution is 5.44. The monoisotopic (exact) mass is 322 g/mol. The molecule has 0 radical (unpaired) electrons. The predicted octanol–water partition coefficient (Wildman–Crippen LogP) is 5.31. The summed E-state index contributed by atoms with van der Waals surface area (Å²) in [4.78, 5) is 0. The summed E-state index contributed by atoms with van der Waals surface area (Å²) >= 11 is 0. The summed E-state index contributed by atoms with van der Waals surface area (Å²) in [5.74, 6) is 0. The number of benzene rings is 2. The molecule has 1 heteroatoms. The molecule has 0 aromatic heterocycles. The molecule has 1 atom stereocenters. The summed E-state index contributed by atoms with van der Waals surface area (Å²) in [5.41, 5.74) is 8.25. The topological polar surface area (TPSA) is 20.2 Å². The zero-order chi connectivity index (χ0) is 17.3. The van der Waals surface area contributed by atoms with E-state index in [2.05, 4.69) is 64.1 Å². The Labute approximate surface area is 146 Å². The van der Waals surface area contributed by atoms with Gasteiger partial charge >= 0.3 is 0 Å². The molecule has 0 aliphatic heterocycles. The Bertz CT molecular complexity index is 677. The van der Waals surface area contributed by atoms with Crippen molar-refractivity contribution >= 4 is 0 Å². The predicted molar refractivity (Wildman–Crippen MR) is 102 cm³/mol. The molecule has 0 amide bonds. The summed E-state index contributed by atoms with van der Waals surface area (Å²) in [5, 5.41) is 10.7. The van der Waals surface area contributed by atoms with E-state index in [1.807, 2.05) is 0 Å². The number of aliphatic hydroxyl groups excluding tert-OH is 1. The highest BCUT2D eigenvalue weighted by Gasteiger charge is 2.22. The highest BCUT2D eigenvalue weighted by atomic mass is 16.3. The summed E-state index contributed by atoms with van der Waals surface area (Å²) in [6, 6.07) is 13.7. The molecule has 24 heavy (non-hydrogen) atoms. The normalized spacial score (nSPS) is 15.9. The second kappa shape index (κ2) is 6.72. The number of aryl methyl sites for hydroxylation is 4. The van der Waals surface area contributed by atoms with Gasteiger partial charge in [0.05, 0.1) is 6.10 Å². The first kappa shape index (κ1) is 17.2. The lowest BCUT2D eigenvalue weighted by molar-refractivity contribution is 0.171. The molecular formula is C23H30O. The fourth-order valence-electron chi connectivity index (χ4n) is 3.76. The third kappa shape index (κ3) is 3.57. The van der Waals surface area contributed by atoms with Gasteiger partial charge in [0.25, 0.3) is 0 Å². The Morgan fingerprint density at radius 3 is 1.92 bits per heavy atom. The van der Waals surface area contributed by atoms with Crippen LogP contribution in [0.1, 0.15) is 73.6 Å². The smallest absolute Gasteiger partial charge is 0.0792 e. The van der Waals surface area contributed by atoms with Crippen LogP contribution in [0.5, 0.6) is 0 Å². The zero-order valence-corrected chi connectivity index (χ0v) is 15.5. The molecule has 1 unspecified atom stereocenters. The van der Waals surface area contributed by atoms with Crippen LogP contribution in [0.3, 0.4) is 0 Å². The Balaban J connectivity index is 2.13. The van der Waals surface area contributed by atoms with E-state index in [9.17, 15) is 5.11 Å². The lowest BCUT2D eigenvalue weighted by Gasteiger charge is -2.27. The second-order valence-corrected chi connectivity index (χ2v) is 8.20. The van der Waals surface area contributed by atoms with Crippen LogP contribution in [0.2, 0.25) is 0 Å². The molecule has 2 aromatic carbocycles. The molecule has 0 saturated carbocycles. The first-order valence-electron chi connectivity index (χ1n) is 9.30. The van der Waals surface area contributed by atoms with Crippen LogP contribution >= 0.6 is 0 Å². The van der Waals surface area contributed by atoms with Crippen molar-refractivity contribution in [2.75, 3.05) is 0 Å². The van der Waals surface area contributed by atoms with Gasteiger partial charge in [-0.1, -0.05) is 64.1 Å². The van der Waals surface area contributed by atoms with Crippen molar-refractivity contribution in [3.05, 3.63) is 69.8 Å². The van der Waals surface area contributed by atoms with E-state index in [4.69, 9.17) is 0 Å². The van der Waals surface area contributed by atoms with Crippen LogP contribution in [0, 0.1) is 0 Å². The third-order valence-corrected chi connectivity index (χ3v) is 5.29. The quantitative estimate of drug-likeness (QED) is 0.794. The van der Waals surface area contributed by atoms with Crippen molar-refractivity contribution in [3.63, 3.8) is 0 Å². The molecule has 1 N–H and O–H groups in total. The van der Waals surface area contributed by atoms with Gasteiger partial charge < -0.3 is 5.11 Å². The van der Waals surface area contributed by atoms with Gasteiger partial charge in [-0.3, -0.25) is 0 Å². The summed E-state index contributed by atoms with van der Waals surface area (Å²) in [6.45, 7) is 8.91. The van der Waals surface area contributed by atoms with Crippen molar-refractivity contribution in [2.24, 2.45) is 0 Å². The Morgan fingerprint density at radius 1 is 0.917 bits per heavy atom. The third-order valence-electron chi connectivity index (χ3n) is 5.29. The van der Waals surface area contributed by atoms with Crippen molar-refractivity contribution < 1.29 is 5.11 Å². The van der Waals surface area contributed by atoms with E-state index in [0.717, 1.165) is 32.1 Å². The van der Waals surface area contributed by atoms with Gasteiger partial charge in [0.15, 0.2) is 0 Å². The van der Waals surface area contributed by atoms with E-state index in [-0.39, 0.29) is 11.5 Å². The lowest BCUT2D eigenvalue weighted by atomic mass is 9.79. The van der Waals surface area contributed by atoms with Crippen LogP contribution in [0.4, 0.5) is 0 Å². The molecule has 1 aliphatic rings. The van der Waals surface area contributed by atoms with E-state index >= 15 is 0 Å². The first-order chi connectivity index (χ1) is 11.4. The van der Waals surface area contributed by atoms with Crippen LogP contribution in [0.15, 0.2) is 36.4 Å². The molecule has 0 fully saturated rings. The lowest BCUT2D eigenvalue weighted by Crippen LogP contribution is -2.16. The molecule has 3 rings (SSSR count). The number of fused-ring (bicyclic) bond motifs is 4. The number of aliphatic hydroxyl groups is 1. The van der Waals surface area contributed by atoms with Crippen LogP contribution in [-0.2, 0) is 31.1 Å². The molecule has 0 spiro atoms. The van der Waals surface area contributed by atoms with Crippen molar-refractivity contribution in [3.8, 4) is 0 Å². The number of rotatable bonds is 2. The van der Waals surface area contributed by atoms with Crippen molar-refractivity contribution in [1.82, 2.24) is 0 Å². The molecule has 0 saturated heterocycles. The average Bonchev–Trinajstić information content (AvgIpc) is 2.55. The number of hydrogen-bond acceptors (Lipinski definition) is 1. The van der Waals surface area contributed by atoms with Gasteiger partial charge in [-0.05, 0) is 70.9 Å². The van der Waals surface area contributed by atoms with E-state index in [0.29, 0.717) is 0 Å². The summed E-state index contributed by atoms with van der Waals surface area (Å²) in [7, 11) is 0. The zero-order valence-electron chi connectivity index (χ0n) is 15.5. The van der Waals surface area contributed by atoms with Gasteiger partial charge in [-0.2, -0.15) is 0 Å².